The van der Waals surface area contributed by atoms with Gasteiger partial charge in [0.15, 0.2) is 0 Å². The molecule has 106 valence electrons. The summed E-state index contributed by atoms with van der Waals surface area (Å²) in [5, 5.41) is 0. The second-order valence-electron chi connectivity index (χ2n) is 6.16. The van der Waals surface area contributed by atoms with Gasteiger partial charge in [0.2, 0.25) is 0 Å². The zero-order valence-corrected chi connectivity index (χ0v) is 12.1. The Morgan fingerprint density at radius 3 is 2.79 bits per heavy atom. The van der Waals surface area contributed by atoms with Crippen molar-refractivity contribution >= 4 is 6.09 Å². The van der Waals surface area contributed by atoms with Gasteiger partial charge >= 0.3 is 6.09 Å². The monoisotopic (exact) mass is 265 g/mol. The van der Waals surface area contributed by atoms with Crippen molar-refractivity contribution in [1.29, 1.82) is 0 Å². The lowest BCUT2D eigenvalue weighted by molar-refractivity contribution is -0.00444. The van der Waals surface area contributed by atoms with Crippen LogP contribution in [0.3, 0.4) is 0 Å². The van der Waals surface area contributed by atoms with Gasteiger partial charge in [-0.15, -0.1) is 0 Å². The topological polar surface area (TPSA) is 58.2 Å². The van der Waals surface area contributed by atoms with E-state index < -0.39 is 5.60 Å². The summed E-state index contributed by atoms with van der Waals surface area (Å²) in [5.74, 6) is 0.845. The fourth-order valence-electron chi connectivity index (χ4n) is 2.54. The normalized spacial score (nSPS) is 24.3. The van der Waals surface area contributed by atoms with Crippen molar-refractivity contribution in [2.45, 2.75) is 64.6 Å². The number of aromatic amines is 1. The third-order valence-electron chi connectivity index (χ3n) is 3.35. The molecule has 1 saturated heterocycles. The summed E-state index contributed by atoms with van der Waals surface area (Å²) in [5.41, 5.74) is -0.470. The number of likely N-dealkylation sites (tertiary alicyclic amines) is 1. The van der Waals surface area contributed by atoms with Crippen LogP contribution < -0.4 is 0 Å². The smallest absolute Gasteiger partial charge is 0.411 e. The molecule has 5 heteroatoms. The van der Waals surface area contributed by atoms with Crippen molar-refractivity contribution in [1.82, 2.24) is 14.9 Å². The molecule has 0 spiro atoms. The van der Waals surface area contributed by atoms with Crippen molar-refractivity contribution in [3.63, 3.8) is 0 Å². The molecule has 19 heavy (non-hydrogen) atoms. The maximum Gasteiger partial charge on any atom is 0.411 e. The van der Waals surface area contributed by atoms with Gasteiger partial charge in [-0.05, 0) is 47.0 Å². The molecule has 0 bridgehead atoms. The lowest BCUT2D eigenvalue weighted by atomic mass is 9.96. The molecule has 1 aliphatic rings. The molecule has 0 radical (unpaired) electrons. The SMILES string of the molecule is CC1CCCC(c2ncc[nH]2)N1C(=O)OC(C)(C)C. The highest BCUT2D eigenvalue weighted by Gasteiger charge is 2.36. The molecule has 1 aliphatic heterocycles. The van der Waals surface area contributed by atoms with Crippen molar-refractivity contribution < 1.29 is 9.53 Å². The number of hydrogen-bond donors (Lipinski definition) is 1. The number of nitrogens with zero attached hydrogens (tertiary/aromatic N) is 2. The molecule has 0 saturated carbocycles. The van der Waals surface area contributed by atoms with Gasteiger partial charge in [0.1, 0.15) is 11.4 Å². The van der Waals surface area contributed by atoms with E-state index in [1.807, 2.05) is 25.7 Å². The minimum atomic E-state index is -0.470. The molecule has 5 nitrogen and oxygen atoms in total. The number of imidazole rings is 1. The van der Waals surface area contributed by atoms with Gasteiger partial charge < -0.3 is 9.72 Å². The standard InChI is InChI=1S/C14H23N3O2/c1-10-6-5-7-11(12-15-8-9-16-12)17(10)13(18)19-14(2,3)4/h8-11H,5-7H2,1-4H3,(H,15,16). The first-order valence-corrected chi connectivity index (χ1v) is 6.89. The molecule has 2 atom stereocenters. The summed E-state index contributed by atoms with van der Waals surface area (Å²) in [6, 6.07) is 0.173. The zero-order valence-electron chi connectivity index (χ0n) is 12.1. The number of amides is 1. The minimum absolute atomic E-state index is 0.00593. The van der Waals surface area contributed by atoms with Gasteiger partial charge in [0.05, 0.1) is 6.04 Å². The van der Waals surface area contributed by atoms with Crippen LogP contribution in [-0.4, -0.2) is 32.6 Å². The zero-order chi connectivity index (χ0) is 14.0. The van der Waals surface area contributed by atoms with E-state index in [2.05, 4.69) is 16.9 Å². The van der Waals surface area contributed by atoms with Gasteiger partial charge in [-0.1, -0.05) is 0 Å². The quantitative estimate of drug-likeness (QED) is 0.848. The first kappa shape index (κ1) is 13.9. The van der Waals surface area contributed by atoms with Crippen molar-refractivity contribution in [3.05, 3.63) is 18.2 Å². The summed E-state index contributed by atoms with van der Waals surface area (Å²) in [6.07, 6.45) is 6.31. The Kier molecular flexibility index (Phi) is 3.83. The number of nitrogens with one attached hydrogen (secondary N) is 1. The third kappa shape index (κ3) is 3.28. The molecular weight excluding hydrogens is 242 g/mol. The van der Waals surface area contributed by atoms with Crippen molar-refractivity contribution in [3.8, 4) is 0 Å². The summed E-state index contributed by atoms with van der Waals surface area (Å²) in [4.78, 5) is 21.6. The molecule has 0 aliphatic carbocycles. The maximum atomic E-state index is 12.4. The van der Waals surface area contributed by atoms with E-state index in [4.69, 9.17) is 4.74 Å². The number of carbonyl (C=O) groups excluding carboxylic acids is 1. The molecule has 0 aromatic carbocycles. The molecule has 1 fully saturated rings. The highest BCUT2D eigenvalue weighted by molar-refractivity contribution is 5.69. The van der Waals surface area contributed by atoms with E-state index in [0.717, 1.165) is 25.1 Å². The summed E-state index contributed by atoms with van der Waals surface area (Å²) in [6.45, 7) is 7.74. The fraction of sp³-hybridized carbons (Fsp3) is 0.714. The molecule has 1 N–H and O–H groups in total. The van der Waals surface area contributed by atoms with E-state index in [0.29, 0.717) is 0 Å². The molecule has 1 aromatic heterocycles. The lowest BCUT2D eigenvalue weighted by Gasteiger charge is -2.40. The van der Waals surface area contributed by atoms with Crippen LogP contribution in [0.1, 0.15) is 58.8 Å². The Morgan fingerprint density at radius 2 is 2.21 bits per heavy atom. The van der Waals surface area contributed by atoms with E-state index in [1.165, 1.54) is 0 Å². The number of rotatable bonds is 1. The Morgan fingerprint density at radius 1 is 1.47 bits per heavy atom. The Balaban J connectivity index is 2.19. The number of piperidine rings is 1. The third-order valence-corrected chi connectivity index (χ3v) is 3.35. The summed E-state index contributed by atoms with van der Waals surface area (Å²) < 4.78 is 5.52. The van der Waals surface area contributed by atoms with E-state index in [-0.39, 0.29) is 18.2 Å². The Hall–Kier alpha value is -1.52. The van der Waals surface area contributed by atoms with Crippen LogP contribution in [0.4, 0.5) is 4.79 Å². The second-order valence-corrected chi connectivity index (χ2v) is 6.16. The highest BCUT2D eigenvalue weighted by Crippen LogP contribution is 2.33. The molecule has 1 amide bonds. The largest absolute Gasteiger partial charge is 0.444 e. The number of H-pyrrole nitrogens is 1. The average molecular weight is 265 g/mol. The van der Waals surface area contributed by atoms with Crippen LogP contribution >= 0.6 is 0 Å². The fourth-order valence-corrected chi connectivity index (χ4v) is 2.54. The molecular formula is C14H23N3O2. The van der Waals surface area contributed by atoms with Crippen molar-refractivity contribution in [2.24, 2.45) is 0 Å². The number of aromatic nitrogens is 2. The minimum Gasteiger partial charge on any atom is -0.444 e. The van der Waals surface area contributed by atoms with Gasteiger partial charge in [-0.25, -0.2) is 9.78 Å². The maximum absolute atomic E-state index is 12.4. The van der Waals surface area contributed by atoms with Gasteiger partial charge in [0, 0.05) is 18.4 Å². The predicted octanol–water partition coefficient (Wildman–Crippen LogP) is 3.26. The van der Waals surface area contributed by atoms with Crippen molar-refractivity contribution in [2.75, 3.05) is 0 Å². The number of carbonyl (C=O) groups is 1. The summed E-state index contributed by atoms with van der Waals surface area (Å²) >= 11 is 0. The first-order chi connectivity index (χ1) is 8.88. The first-order valence-electron chi connectivity index (χ1n) is 6.89. The lowest BCUT2D eigenvalue weighted by Crippen LogP contribution is -2.46. The van der Waals surface area contributed by atoms with E-state index in [9.17, 15) is 4.79 Å². The van der Waals surface area contributed by atoms with Crippen LogP contribution in [-0.2, 0) is 4.74 Å². The molecule has 2 unspecified atom stereocenters. The average Bonchev–Trinajstić information content (AvgIpc) is 2.79. The van der Waals surface area contributed by atoms with Gasteiger partial charge in [-0.2, -0.15) is 0 Å². The van der Waals surface area contributed by atoms with Gasteiger partial charge in [-0.3, -0.25) is 4.90 Å². The Labute approximate surface area is 114 Å². The number of ether oxygens (including phenoxy) is 1. The number of hydrogen-bond acceptors (Lipinski definition) is 3. The van der Waals surface area contributed by atoms with Crippen LogP contribution in [0.15, 0.2) is 12.4 Å². The Bertz CT molecular complexity index is 422. The molecule has 2 heterocycles. The second kappa shape index (κ2) is 5.23. The van der Waals surface area contributed by atoms with Crippen LogP contribution in [0.2, 0.25) is 0 Å². The molecule has 1 aromatic rings. The van der Waals surface area contributed by atoms with Gasteiger partial charge in [0.25, 0.3) is 0 Å². The van der Waals surface area contributed by atoms with Crippen LogP contribution in [0.25, 0.3) is 0 Å². The van der Waals surface area contributed by atoms with E-state index >= 15 is 0 Å². The van der Waals surface area contributed by atoms with Crippen LogP contribution in [0, 0.1) is 0 Å². The molecule has 2 rings (SSSR count). The van der Waals surface area contributed by atoms with Crippen LogP contribution in [0.5, 0.6) is 0 Å². The summed E-state index contributed by atoms with van der Waals surface area (Å²) in [7, 11) is 0. The highest BCUT2D eigenvalue weighted by atomic mass is 16.6. The predicted molar refractivity (Wildman–Crippen MR) is 72.7 cm³/mol. The van der Waals surface area contributed by atoms with E-state index in [1.54, 1.807) is 12.4 Å².